The topological polar surface area (TPSA) is 26.0 Å². The molecule has 2 N–H and O–H groups in total. The third kappa shape index (κ3) is 0.994. The Labute approximate surface area is 68.2 Å². The van der Waals surface area contributed by atoms with E-state index in [-0.39, 0.29) is 23.3 Å². The molecule has 2 heteroatoms. The fraction of sp³-hybridized carbons (Fsp3) is 1.00. The maximum absolute atomic E-state index is 13.2. The second-order valence-electron chi connectivity index (χ2n) is 4.67. The molecule has 0 radical (unpaired) electrons. The van der Waals surface area contributed by atoms with Crippen molar-refractivity contribution in [2.24, 2.45) is 22.5 Å². The van der Waals surface area contributed by atoms with Gasteiger partial charge >= 0.3 is 0 Å². The van der Waals surface area contributed by atoms with Crippen LogP contribution in [0.25, 0.3) is 0 Å². The first kappa shape index (κ1) is 8.98. The molecule has 1 aliphatic rings. The van der Waals surface area contributed by atoms with Crippen LogP contribution in [0.4, 0.5) is 4.39 Å². The number of halogens is 1. The third-order valence-corrected chi connectivity index (χ3v) is 3.72. The zero-order chi connectivity index (χ0) is 8.86. The molecule has 0 spiro atoms. The third-order valence-electron chi connectivity index (χ3n) is 3.72. The van der Waals surface area contributed by atoms with Gasteiger partial charge in [0.05, 0.1) is 0 Å². The van der Waals surface area contributed by atoms with Crippen LogP contribution in [0.2, 0.25) is 0 Å². The Kier molecular flexibility index (Phi) is 1.79. The quantitative estimate of drug-likeness (QED) is 0.655. The van der Waals surface area contributed by atoms with Crippen molar-refractivity contribution in [3.05, 3.63) is 0 Å². The van der Waals surface area contributed by atoms with Crippen LogP contribution >= 0.6 is 0 Å². The lowest BCUT2D eigenvalue weighted by molar-refractivity contribution is 0.266. The second-order valence-corrected chi connectivity index (χ2v) is 4.67. The van der Waals surface area contributed by atoms with E-state index in [1.165, 1.54) is 0 Å². The number of hydrogen-bond acceptors (Lipinski definition) is 1. The summed E-state index contributed by atoms with van der Waals surface area (Å²) in [6, 6.07) is 0. The van der Waals surface area contributed by atoms with Gasteiger partial charge in [-0.15, -0.1) is 0 Å². The highest BCUT2D eigenvalue weighted by Crippen LogP contribution is 2.69. The van der Waals surface area contributed by atoms with Crippen molar-refractivity contribution >= 4 is 0 Å². The van der Waals surface area contributed by atoms with Gasteiger partial charge in [-0.1, -0.05) is 27.7 Å². The summed E-state index contributed by atoms with van der Waals surface area (Å²) in [4.78, 5) is 0. The van der Waals surface area contributed by atoms with E-state index in [1.807, 2.05) is 0 Å². The average molecular weight is 159 g/mol. The minimum atomic E-state index is -0.819. The zero-order valence-electron chi connectivity index (χ0n) is 7.82. The Morgan fingerprint density at radius 1 is 1.27 bits per heavy atom. The molecule has 1 fully saturated rings. The molecule has 0 aromatic carbocycles. The predicted molar refractivity (Wildman–Crippen MR) is 45.0 cm³/mol. The molecule has 0 saturated heterocycles. The van der Waals surface area contributed by atoms with E-state index in [2.05, 4.69) is 27.7 Å². The SMILES string of the molecule is CC1(C)C(C(F)CN)C1(C)C. The van der Waals surface area contributed by atoms with E-state index in [4.69, 9.17) is 5.73 Å². The van der Waals surface area contributed by atoms with E-state index >= 15 is 0 Å². The van der Waals surface area contributed by atoms with Gasteiger partial charge in [-0.05, 0) is 10.8 Å². The van der Waals surface area contributed by atoms with Crippen molar-refractivity contribution < 1.29 is 4.39 Å². The lowest BCUT2D eigenvalue weighted by Gasteiger charge is -2.05. The molecule has 1 saturated carbocycles. The van der Waals surface area contributed by atoms with Crippen LogP contribution in [-0.4, -0.2) is 12.7 Å². The van der Waals surface area contributed by atoms with Crippen molar-refractivity contribution in [2.45, 2.75) is 33.9 Å². The summed E-state index contributed by atoms with van der Waals surface area (Å²) in [5.41, 5.74) is 5.54. The number of hydrogen-bond donors (Lipinski definition) is 1. The number of rotatable bonds is 2. The minimum absolute atomic E-state index is 0.131. The van der Waals surface area contributed by atoms with Gasteiger partial charge in [-0.3, -0.25) is 0 Å². The first-order chi connectivity index (χ1) is 4.85. The van der Waals surface area contributed by atoms with Crippen molar-refractivity contribution in [2.75, 3.05) is 6.54 Å². The largest absolute Gasteiger partial charge is 0.328 e. The van der Waals surface area contributed by atoms with Crippen LogP contribution in [0.3, 0.4) is 0 Å². The molecule has 0 heterocycles. The second kappa shape index (κ2) is 2.19. The summed E-state index contributed by atoms with van der Waals surface area (Å²) < 4.78 is 13.2. The molecule has 0 aromatic heterocycles. The van der Waals surface area contributed by atoms with E-state index < -0.39 is 6.17 Å². The monoisotopic (exact) mass is 159 g/mol. The van der Waals surface area contributed by atoms with Gasteiger partial charge in [0.25, 0.3) is 0 Å². The molecule has 0 bridgehead atoms. The molecule has 0 amide bonds. The maximum atomic E-state index is 13.2. The molecule has 0 aromatic rings. The standard InChI is InChI=1S/C9H18FN/c1-8(2)7(6(10)5-11)9(8,3)4/h6-7H,5,11H2,1-4H3. The molecular formula is C9H18FN. The molecule has 1 rings (SSSR count). The number of nitrogens with two attached hydrogens (primary N) is 1. The number of alkyl halides is 1. The van der Waals surface area contributed by atoms with Crippen LogP contribution < -0.4 is 5.73 Å². The van der Waals surface area contributed by atoms with Crippen LogP contribution in [-0.2, 0) is 0 Å². The van der Waals surface area contributed by atoms with Crippen LogP contribution in [0, 0.1) is 16.7 Å². The van der Waals surface area contributed by atoms with Crippen molar-refractivity contribution in [3.63, 3.8) is 0 Å². The van der Waals surface area contributed by atoms with Crippen LogP contribution in [0.15, 0.2) is 0 Å². The molecule has 11 heavy (non-hydrogen) atoms. The van der Waals surface area contributed by atoms with Gasteiger partial charge in [0.2, 0.25) is 0 Å². The molecular weight excluding hydrogens is 141 g/mol. The van der Waals surface area contributed by atoms with Gasteiger partial charge in [0.1, 0.15) is 6.17 Å². The zero-order valence-corrected chi connectivity index (χ0v) is 7.82. The Balaban J connectivity index is 2.67. The summed E-state index contributed by atoms with van der Waals surface area (Å²) in [5, 5.41) is 0. The molecule has 1 nitrogen and oxygen atoms in total. The van der Waals surface area contributed by atoms with E-state index in [9.17, 15) is 4.39 Å². The lowest BCUT2D eigenvalue weighted by Crippen LogP contribution is -2.20. The first-order valence-corrected chi connectivity index (χ1v) is 4.20. The first-order valence-electron chi connectivity index (χ1n) is 4.20. The Morgan fingerprint density at radius 3 is 1.73 bits per heavy atom. The Bertz CT molecular complexity index is 149. The highest BCUT2D eigenvalue weighted by Gasteiger charge is 2.67. The summed E-state index contributed by atoms with van der Waals surface area (Å²) in [5.74, 6) is 0.153. The summed E-state index contributed by atoms with van der Waals surface area (Å²) in [6.45, 7) is 8.61. The van der Waals surface area contributed by atoms with Gasteiger partial charge in [0.15, 0.2) is 0 Å². The maximum Gasteiger partial charge on any atom is 0.116 e. The average Bonchev–Trinajstić information content (AvgIpc) is 2.24. The smallest absolute Gasteiger partial charge is 0.116 e. The normalized spacial score (nSPS) is 30.0. The van der Waals surface area contributed by atoms with Crippen molar-refractivity contribution in [1.82, 2.24) is 0 Å². The lowest BCUT2D eigenvalue weighted by atomic mass is 10.0. The van der Waals surface area contributed by atoms with Gasteiger partial charge in [0, 0.05) is 12.5 Å². The van der Waals surface area contributed by atoms with E-state index in [0.29, 0.717) is 0 Å². The molecule has 1 aliphatic carbocycles. The van der Waals surface area contributed by atoms with Crippen LogP contribution in [0.5, 0.6) is 0 Å². The van der Waals surface area contributed by atoms with E-state index in [1.54, 1.807) is 0 Å². The van der Waals surface area contributed by atoms with Gasteiger partial charge in [-0.2, -0.15) is 0 Å². The minimum Gasteiger partial charge on any atom is -0.328 e. The Morgan fingerprint density at radius 2 is 1.64 bits per heavy atom. The summed E-state index contributed by atoms with van der Waals surface area (Å²) >= 11 is 0. The fourth-order valence-electron chi connectivity index (χ4n) is 2.29. The van der Waals surface area contributed by atoms with Gasteiger partial charge in [-0.25, -0.2) is 4.39 Å². The Hall–Kier alpha value is -0.110. The van der Waals surface area contributed by atoms with E-state index in [0.717, 1.165) is 0 Å². The van der Waals surface area contributed by atoms with Crippen molar-refractivity contribution in [1.29, 1.82) is 0 Å². The predicted octanol–water partition coefficient (Wildman–Crippen LogP) is 1.97. The molecule has 1 atom stereocenters. The molecule has 1 unspecified atom stereocenters. The van der Waals surface area contributed by atoms with Gasteiger partial charge < -0.3 is 5.73 Å². The highest BCUT2D eigenvalue weighted by molar-refractivity contribution is 5.14. The molecule has 0 aliphatic heterocycles. The van der Waals surface area contributed by atoms with Crippen molar-refractivity contribution in [3.8, 4) is 0 Å². The fourth-order valence-corrected chi connectivity index (χ4v) is 2.29. The summed E-state index contributed by atoms with van der Waals surface area (Å²) in [6.07, 6.45) is -0.819. The highest BCUT2D eigenvalue weighted by atomic mass is 19.1. The molecule has 66 valence electrons. The van der Waals surface area contributed by atoms with Crippen LogP contribution in [0.1, 0.15) is 27.7 Å². The summed E-state index contributed by atoms with van der Waals surface area (Å²) in [7, 11) is 0.